The average Bonchev–Trinajstić information content (AvgIpc) is 2.68. The first kappa shape index (κ1) is 19.7. The third kappa shape index (κ3) is 6.01. The molecule has 4 nitrogen and oxygen atoms in total. The summed E-state index contributed by atoms with van der Waals surface area (Å²) in [4.78, 5) is 37.3. The molecule has 26 heavy (non-hydrogen) atoms. The summed E-state index contributed by atoms with van der Waals surface area (Å²) in [6.45, 7) is 0. The lowest BCUT2D eigenvalue weighted by atomic mass is 9.94. The van der Waals surface area contributed by atoms with Crippen molar-refractivity contribution < 1.29 is 19.1 Å². The van der Waals surface area contributed by atoms with Crippen LogP contribution in [0.2, 0.25) is 0 Å². The zero-order chi connectivity index (χ0) is 18.8. The Morgan fingerprint density at radius 3 is 2.19 bits per heavy atom. The van der Waals surface area contributed by atoms with Crippen LogP contribution in [0.4, 0.5) is 0 Å². The Morgan fingerprint density at radius 2 is 1.58 bits per heavy atom. The highest BCUT2D eigenvalue weighted by Gasteiger charge is 2.27. The largest absolute Gasteiger partial charge is 0.468 e. The molecule has 134 valence electrons. The molecule has 0 fully saturated rings. The van der Waals surface area contributed by atoms with Gasteiger partial charge in [0.2, 0.25) is 0 Å². The number of Topliss-reactive ketones (excluding diaryl/α,β-unsaturated/α-hetero) is 1. The Hall–Kier alpha value is -2.66. The minimum absolute atomic E-state index is 0.00328. The Morgan fingerprint density at radius 1 is 0.962 bits per heavy atom. The van der Waals surface area contributed by atoms with E-state index < -0.39 is 11.9 Å². The van der Waals surface area contributed by atoms with Crippen molar-refractivity contribution in [1.29, 1.82) is 0 Å². The molecular formula is C21H20O4S. The highest BCUT2D eigenvalue weighted by molar-refractivity contribution is 8.13. The number of thioether (sulfide) groups is 1. The van der Waals surface area contributed by atoms with E-state index in [2.05, 4.69) is 0 Å². The molecule has 1 atom stereocenters. The summed E-state index contributed by atoms with van der Waals surface area (Å²) in [5, 5.41) is -0.00328. The van der Waals surface area contributed by atoms with Gasteiger partial charge in [-0.1, -0.05) is 72.4 Å². The monoisotopic (exact) mass is 368 g/mol. The van der Waals surface area contributed by atoms with Crippen molar-refractivity contribution in [3.63, 3.8) is 0 Å². The van der Waals surface area contributed by atoms with E-state index in [4.69, 9.17) is 4.74 Å². The van der Waals surface area contributed by atoms with Gasteiger partial charge in [0.05, 0.1) is 7.11 Å². The lowest BCUT2D eigenvalue weighted by Gasteiger charge is -2.11. The van der Waals surface area contributed by atoms with Crippen molar-refractivity contribution in [3.05, 3.63) is 78.4 Å². The van der Waals surface area contributed by atoms with Crippen molar-refractivity contribution in [1.82, 2.24) is 0 Å². The molecule has 0 saturated heterocycles. The standard InChI is InChI=1S/C21H20O4S/c1-25-21(24)18(20(23)16-10-4-2-5-11-16)14-8-9-15-19(22)26-17-12-6-3-7-13-17/h2-13,18H,14-15H2,1H3/b9-8+. The van der Waals surface area contributed by atoms with Gasteiger partial charge in [-0.3, -0.25) is 14.4 Å². The molecule has 2 aromatic rings. The topological polar surface area (TPSA) is 60.4 Å². The van der Waals surface area contributed by atoms with Gasteiger partial charge in [0, 0.05) is 16.9 Å². The van der Waals surface area contributed by atoms with Crippen LogP contribution in [0.25, 0.3) is 0 Å². The summed E-state index contributed by atoms with van der Waals surface area (Å²) in [6, 6.07) is 18.0. The summed E-state index contributed by atoms with van der Waals surface area (Å²) in [6.07, 6.45) is 3.80. The number of ketones is 1. The first-order valence-corrected chi connectivity index (χ1v) is 9.01. The van der Waals surface area contributed by atoms with Crippen molar-refractivity contribution in [2.24, 2.45) is 5.92 Å². The maximum atomic E-state index is 12.5. The number of methoxy groups -OCH3 is 1. The molecule has 0 amide bonds. The van der Waals surface area contributed by atoms with Gasteiger partial charge in [-0.2, -0.15) is 0 Å². The average molecular weight is 368 g/mol. The Bertz CT molecular complexity index is 769. The second-order valence-electron chi connectivity index (χ2n) is 5.50. The molecule has 0 N–H and O–H groups in total. The van der Waals surface area contributed by atoms with E-state index in [1.165, 1.54) is 18.9 Å². The Kier molecular flexibility index (Phi) is 7.83. The lowest BCUT2D eigenvalue weighted by molar-refractivity contribution is -0.143. The third-order valence-corrected chi connectivity index (χ3v) is 4.56. The predicted molar refractivity (Wildman–Crippen MR) is 102 cm³/mol. The van der Waals surface area contributed by atoms with Gasteiger partial charge in [-0.05, 0) is 18.6 Å². The van der Waals surface area contributed by atoms with Crippen molar-refractivity contribution in [2.45, 2.75) is 17.7 Å². The van der Waals surface area contributed by atoms with Gasteiger partial charge in [-0.15, -0.1) is 0 Å². The second-order valence-corrected chi connectivity index (χ2v) is 6.64. The summed E-state index contributed by atoms with van der Waals surface area (Å²) < 4.78 is 4.75. The van der Waals surface area contributed by atoms with E-state index in [0.717, 1.165) is 4.90 Å². The molecule has 1 unspecified atom stereocenters. The van der Waals surface area contributed by atoms with E-state index in [1.54, 1.807) is 42.5 Å². The molecule has 0 spiro atoms. The van der Waals surface area contributed by atoms with Gasteiger partial charge in [0.25, 0.3) is 0 Å². The van der Waals surface area contributed by atoms with Crippen molar-refractivity contribution >= 4 is 28.6 Å². The fourth-order valence-corrected chi connectivity index (χ4v) is 3.07. The zero-order valence-corrected chi connectivity index (χ0v) is 15.3. The molecule has 0 aliphatic heterocycles. The molecular weight excluding hydrogens is 348 g/mol. The number of hydrogen-bond acceptors (Lipinski definition) is 5. The highest BCUT2D eigenvalue weighted by atomic mass is 32.2. The smallest absolute Gasteiger partial charge is 0.316 e. The van der Waals surface area contributed by atoms with Crippen LogP contribution in [0.5, 0.6) is 0 Å². The SMILES string of the molecule is COC(=O)C(C/C=C/CC(=O)Sc1ccccc1)C(=O)c1ccccc1. The van der Waals surface area contributed by atoms with Crippen LogP contribution in [0.3, 0.4) is 0 Å². The number of allylic oxidation sites excluding steroid dienone is 2. The Balaban J connectivity index is 1.92. The summed E-state index contributed by atoms with van der Waals surface area (Å²) in [5.41, 5.74) is 0.465. The van der Waals surface area contributed by atoms with Crippen molar-refractivity contribution in [3.8, 4) is 0 Å². The summed E-state index contributed by atoms with van der Waals surface area (Å²) in [5.74, 6) is -1.77. The number of rotatable bonds is 8. The third-order valence-electron chi connectivity index (χ3n) is 3.66. The fraction of sp³-hybridized carbons (Fsp3) is 0.190. The quantitative estimate of drug-likeness (QED) is 0.228. The molecule has 0 radical (unpaired) electrons. The van der Waals surface area contributed by atoms with E-state index in [-0.39, 0.29) is 23.7 Å². The number of benzene rings is 2. The maximum absolute atomic E-state index is 12.5. The van der Waals surface area contributed by atoms with Crippen LogP contribution < -0.4 is 0 Å². The molecule has 0 bridgehead atoms. The molecule has 2 aromatic carbocycles. The zero-order valence-electron chi connectivity index (χ0n) is 14.5. The lowest BCUT2D eigenvalue weighted by Crippen LogP contribution is -2.25. The van der Waals surface area contributed by atoms with Crippen LogP contribution in [0.1, 0.15) is 23.2 Å². The first-order valence-electron chi connectivity index (χ1n) is 8.19. The molecule has 0 saturated carbocycles. The number of hydrogen-bond donors (Lipinski definition) is 0. The van der Waals surface area contributed by atoms with Crippen LogP contribution in [-0.4, -0.2) is 24.0 Å². The number of carbonyl (C=O) groups is 3. The van der Waals surface area contributed by atoms with Gasteiger partial charge < -0.3 is 4.74 Å². The summed E-state index contributed by atoms with van der Waals surface area (Å²) in [7, 11) is 1.26. The number of esters is 1. The maximum Gasteiger partial charge on any atom is 0.316 e. The van der Waals surface area contributed by atoms with Gasteiger partial charge >= 0.3 is 5.97 Å². The molecule has 2 rings (SSSR count). The van der Waals surface area contributed by atoms with Gasteiger partial charge in [0.15, 0.2) is 10.9 Å². The van der Waals surface area contributed by atoms with E-state index >= 15 is 0 Å². The molecule has 5 heteroatoms. The van der Waals surface area contributed by atoms with E-state index in [0.29, 0.717) is 5.56 Å². The molecule has 0 heterocycles. The number of ether oxygens (including phenoxy) is 1. The normalized spacial score (nSPS) is 11.9. The molecule has 0 aromatic heterocycles. The Labute approximate surface area is 157 Å². The fourth-order valence-electron chi connectivity index (χ4n) is 2.33. The minimum atomic E-state index is -0.907. The van der Waals surface area contributed by atoms with Crippen LogP contribution in [0.15, 0.2) is 77.7 Å². The van der Waals surface area contributed by atoms with Crippen molar-refractivity contribution in [2.75, 3.05) is 7.11 Å². The first-order chi connectivity index (χ1) is 12.6. The minimum Gasteiger partial charge on any atom is -0.468 e. The van der Waals surface area contributed by atoms with Crippen LogP contribution in [-0.2, 0) is 14.3 Å². The highest BCUT2D eigenvalue weighted by Crippen LogP contribution is 2.20. The van der Waals surface area contributed by atoms with E-state index in [1.807, 2.05) is 30.3 Å². The van der Waals surface area contributed by atoms with Crippen LogP contribution in [0, 0.1) is 5.92 Å². The van der Waals surface area contributed by atoms with Gasteiger partial charge in [-0.25, -0.2) is 0 Å². The van der Waals surface area contributed by atoms with Gasteiger partial charge in [0.1, 0.15) is 5.92 Å². The number of carbonyl (C=O) groups excluding carboxylic acids is 3. The van der Waals surface area contributed by atoms with Crippen LogP contribution >= 0.6 is 11.8 Å². The summed E-state index contributed by atoms with van der Waals surface area (Å²) >= 11 is 1.17. The van der Waals surface area contributed by atoms with E-state index in [9.17, 15) is 14.4 Å². The molecule has 0 aliphatic carbocycles. The second kappa shape index (κ2) is 10.4. The predicted octanol–water partition coefficient (Wildman–Crippen LogP) is 4.31. The molecule has 0 aliphatic rings.